The summed E-state index contributed by atoms with van der Waals surface area (Å²) >= 11 is -1.47. The second kappa shape index (κ2) is 12.6. The lowest BCUT2D eigenvalue weighted by atomic mass is 9.79. The van der Waals surface area contributed by atoms with Gasteiger partial charge in [-0.3, -0.25) is 4.79 Å². The maximum absolute atomic E-state index is 14.3. The van der Waals surface area contributed by atoms with Gasteiger partial charge in [0.15, 0.2) is 0 Å². The molecule has 2 aromatic rings. The summed E-state index contributed by atoms with van der Waals surface area (Å²) < 4.78 is 79.9. The van der Waals surface area contributed by atoms with Gasteiger partial charge in [0.2, 0.25) is 11.8 Å². The predicted molar refractivity (Wildman–Crippen MR) is 178 cm³/mol. The highest BCUT2D eigenvalue weighted by molar-refractivity contribution is 7.90. The van der Waals surface area contributed by atoms with Crippen molar-refractivity contribution >= 4 is 36.4 Å². The van der Waals surface area contributed by atoms with Crippen molar-refractivity contribution in [3.05, 3.63) is 29.6 Å². The van der Waals surface area contributed by atoms with Crippen LogP contribution in [0.3, 0.4) is 0 Å². The van der Waals surface area contributed by atoms with Crippen LogP contribution in [0.2, 0.25) is 25.7 Å². The second-order valence-corrected chi connectivity index (χ2v) is 24.4. The minimum absolute atomic E-state index is 0.0920. The molecule has 4 fully saturated rings. The van der Waals surface area contributed by atoms with Crippen molar-refractivity contribution in [2.24, 2.45) is 29.6 Å². The van der Waals surface area contributed by atoms with Crippen LogP contribution in [0.15, 0.2) is 18.2 Å². The number of ether oxygens (including phenoxy) is 1. The average molecular weight is 699 g/mol. The van der Waals surface area contributed by atoms with Gasteiger partial charge in [-0.15, -0.1) is 4.72 Å². The Hall–Kier alpha value is -1.67. The van der Waals surface area contributed by atoms with Crippen LogP contribution in [-0.4, -0.2) is 51.3 Å². The van der Waals surface area contributed by atoms with Gasteiger partial charge in [0.1, 0.15) is 23.3 Å². The number of nitrogens with zero attached hydrogens (tertiary/aromatic N) is 2. The van der Waals surface area contributed by atoms with Gasteiger partial charge in [0.25, 0.3) is 5.92 Å². The van der Waals surface area contributed by atoms with Crippen LogP contribution >= 0.6 is 0 Å². The Labute approximate surface area is 279 Å². The minimum Gasteiger partial charge on any atom is -0.598 e. The van der Waals surface area contributed by atoms with E-state index in [4.69, 9.17) is 9.72 Å². The number of carbonyl (C=O) groups excluding carboxylic acids is 1. The van der Waals surface area contributed by atoms with Gasteiger partial charge < -0.3 is 19.2 Å². The molecular weight excluding hydrogens is 649 g/mol. The molecule has 4 saturated carbocycles. The Bertz CT molecular complexity index is 1450. The van der Waals surface area contributed by atoms with Crippen molar-refractivity contribution in [3.63, 3.8) is 0 Å². The van der Waals surface area contributed by atoms with Crippen molar-refractivity contribution in [3.8, 4) is 0 Å². The third kappa shape index (κ3) is 7.89. The Morgan fingerprint density at radius 3 is 2.34 bits per heavy atom. The summed E-state index contributed by atoms with van der Waals surface area (Å²) in [5, 5.41) is 3.15. The first-order valence-electron chi connectivity index (χ1n) is 17.1. The number of nitrogens with one attached hydrogen (secondary N) is 2. The SMILES string of the molecule is CC(C)(C)[S+]([O-])N[C@H](c1nc2ccc([C@H](NC(=O)CC3CC(F)(F)C3)C3CC3)cc2n1COCC[Si](C)(C)C)C1C[C@@H]2[C@H](C1)C2(F)F. The molecule has 1 aromatic carbocycles. The van der Waals surface area contributed by atoms with Crippen LogP contribution in [0.4, 0.5) is 17.6 Å². The summed E-state index contributed by atoms with van der Waals surface area (Å²) in [5.41, 5.74) is 2.41. The van der Waals surface area contributed by atoms with E-state index in [1.807, 2.05) is 43.5 Å². The topological polar surface area (TPSA) is 91.2 Å². The van der Waals surface area contributed by atoms with Gasteiger partial charge in [0.05, 0.1) is 17.1 Å². The molecule has 4 aliphatic carbocycles. The first-order valence-corrected chi connectivity index (χ1v) is 22.0. The normalized spacial score (nSPS) is 27.3. The lowest BCUT2D eigenvalue weighted by Gasteiger charge is -2.34. The number of rotatable bonds is 14. The maximum atomic E-state index is 14.3. The molecule has 47 heavy (non-hydrogen) atoms. The lowest BCUT2D eigenvalue weighted by Crippen LogP contribution is -2.44. The highest BCUT2D eigenvalue weighted by Crippen LogP contribution is 2.67. The van der Waals surface area contributed by atoms with Gasteiger partial charge in [-0.05, 0) is 87.9 Å². The van der Waals surface area contributed by atoms with Gasteiger partial charge >= 0.3 is 0 Å². The molecule has 6 rings (SSSR count). The lowest BCUT2D eigenvalue weighted by molar-refractivity contribution is -0.134. The second-order valence-electron chi connectivity index (χ2n) is 16.8. The van der Waals surface area contributed by atoms with E-state index in [0.717, 1.165) is 30.0 Å². The number of alkyl halides is 4. The van der Waals surface area contributed by atoms with Crippen LogP contribution < -0.4 is 10.0 Å². The Morgan fingerprint density at radius 1 is 1.11 bits per heavy atom. The Morgan fingerprint density at radius 2 is 1.77 bits per heavy atom. The van der Waals surface area contributed by atoms with Gasteiger partial charge in [0, 0.05) is 57.1 Å². The first kappa shape index (κ1) is 35.2. The standard InChI is InChI=1S/C34H50F4N4O3SSi/c1-32(2,3)46(44)41-30(23-14-24-25(15-23)34(24,37)38)31-39-26-10-9-22(16-27(26)42(31)19-45-11-12-47(4,5)6)29(21-7-8-21)40-28(43)13-20-17-33(35,36)18-20/h9-10,16,20-21,23-25,29-30,41H,7-8,11-15,17-19H2,1-6H3,(H,40,43)/t23?,24-,25+,29-,30+,46?/m1/s1. The van der Waals surface area contributed by atoms with Crippen LogP contribution in [0.5, 0.6) is 0 Å². The first-order chi connectivity index (χ1) is 21.8. The van der Waals surface area contributed by atoms with Crippen LogP contribution in [0.1, 0.15) is 89.2 Å². The quantitative estimate of drug-likeness (QED) is 0.0912. The van der Waals surface area contributed by atoms with Crippen molar-refractivity contribution in [2.75, 3.05) is 6.61 Å². The molecule has 0 radical (unpaired) electrons. The zero-order chi connectivity index (χ0) is 34.1. The van der Waals surface area contributed by atoms with Crippen molar-refractivity contribution in [1.82, 2.24) is 19.6 Å². The number of halogens is 4. The fourth-order valence-electron chi connectivity index (χ4n) is 7.36. The molecule has 0 spiro atoms. The van der Waals surface area contributed by atoms with Gasteiger partial charge in [-0.2, -0.15) is 0 Å². The summed E-state index contributed by atoms with van der Waals surface area (Å²) in [6.07, 6.45) is 2.22. The summed E-state index contributed by atoms with van der Waals surface area (Å²) in [7, 11) is -1.37. The molecular formula is C34H50F4N4O3SSi. The maximum Gasteiger partial charge on any atom is 0.254 e. The number of hydrogen-bond acceptors (Lipinski definition) is 5. The van der Waals surface area contributed by atoms with Crippen molar-refractivity contribution in [2.45, 2.75) is 127 Å². The van der Waals surface area contributed by atoms with E-state index in [9.17, 15) is 26.9 Å². The molecule has 262 valence electrons. The van der Waals surface area contributed by atoms with Crippen molar-refractivity contribution in [1.29, 1.82) is 0 Å². The smallest absolute Gasteiger partial charge is 0.254 e. The minimum atomic E-state index is -2.66. The average Bonchev–Trinajstić information content (AvgIpc) is 3.73. The third-order valence-corrected chi connectivity index (χ3v) is 13.7. The molecule has 13 heteroatoms. The molecule has 7 nitrogen and oxygen atoms in total. The number of fused-ring (bicyclic) bond motifs is 2. The van der Waals surface area contributed by atoms with E-state index in [0.29, 0.717) is 30.8 Å². The number of benzene rings is 1. The summed E-state index contributed by atoms with van der Waals surface area (Å²) in [6.45, 7) is 13.3. The zero-order valence-corrected chi connectivity index (χ0v) is 30.2. The molecule has 0 bridgehead atoms. The molecule has 0 saturated heterocycles. The predicted octanol–water partition coefficient (Wildman–Crippen LogP) is 7.74. The van der Waals surface area contributed by atoms with Crippen LogP contribution in [0, 0.1) is 29.6 Å². The molecule has 0 aliphatic heterocycles. The van der Waals surface area contributed by atoms with E-state index in [1.165, 1.54) is 0 Å². The Kier molecular flexibility index (Phi) is 9.41. The summed E-state index contributed by atoms with van der Waals surface area (Å²) in [6, 6.07) is 6.09. The highest BCUT2D eigenvalue weighted by Gasteiger charge is 2.72. The summed E-state index contributed by atoms with van der Waals surface area (Å²) in [4.78, 5) is 18.0. The van der Waals surface area contributed by atoms with Gasteiger partial charge in [-0.25, -0.2) is 22.5 Å². The number of hydrogen-bond donors (Lipinski definition) is 2. The third-order valence-electron chi connectivity index (χ3n) is 10.5. The van der Waals surface area contributed by atoms with Crippen molar-refractivity contribution < 1.29 is 31.6 Å². The fraction of sp³-hybridized carbons (Fsp3) is 0.765. The van der Waals surface area contributed by atoms with E-state index >= 15 is 0 Å². The zero-order valence-electron chi connectivity index (χ0n) is 28.4. The van der Waals surface area contributed by atoms with Crippen LogP contribution in [0.25, 0.3) is 11.0 Å². The largest absolute Gasteiger partial charge is 0.598 e. The molecule has 1 amide bonds. The van der Waals surface area contributed by atoms with E-state index in [1.54, 1.807) is 0 Å². The van der Waals surface area contributed by atoms with Crippen LogP contribution in [-0.2, 0) is 27.6 Å². The summed E-state index contributed by atoms with van der Waals surface area (Å²) in [5.74, 6) is -6.37. The fourth-order valence-corrected chi connectivity index (χ4v) is 9.00. The number of amides is 1. The number of imidazole rings is 1. The Balaban J connectivity index is 1.31. The molecule has 4 aliphatic rings. The molecule has 6 atom stereocenters. The molecule has 2 unspecified atom stereocenters. The number of carbonyl (C=O) groups is 1. The van der Waals surface area contributed by atoms with E-state index in [-0.39, 0.29) is 55.7 Å². The molecule has 1 aromatic heterocycles. The molecule has 1 heterocycles. The highest BCUT2D eigenvalue weighted by atomic mass is 32.2. The van der Waals surface area contributed by atoms with E-state index in [2.05, 4.69) is 29.7 Å². The van der Waals surface area contributed by atoms with E-state index < -0.39 is 53.9 Å². The van der Waals surface area contributed by atoms with Gasteiger partial charge in [-0.1, -0.05) is 25.7 Å². The number of aromatic nitrogens is 2. The monoisotopic (exact) mass is 698 g/mol. The molecule has 2 N–H and O–H groups in total.